The van der Waals surface area contributed by atoms with Crippen LogP contribution in [0.15, 0.2) is 18.2 Å². The van der Waals surface area contributed by atoms with Crippen LogP contribution in [0, 0.1) is 32.1 Å². The number of nitriles is 1. The quantitative estimate of drug-likeness (QED) is 0.926. The molecule has 0 bridgehead atoms. The number of aryl methyl sites for hydroxylation is 3. The van der Waals surface area contributed by atoms with Gasteiger partial charge in [-0.1, -0.05) is 6.07 Å². The number of ether oxygens (including phenoxy) is 1. The molecule has 1 heterocycles. The Morgan fingerprint density at radius 3 is 2.55 bits per heavy atom. The van der Waals surface area contributed by atoms with E-state index in [-0.39, 0.29) is 0 Å². The molecule has 0 fully saturated rings. The fourth-order valence-corrected chi connectivity index (χ4v) is 2.15. The standard InChI is InChI=1S/C15H16N4O/c1-9-5-10(2)15(20-4)13(6-9)19-14-7-12(8-16)17-11(3)18-14/h5-7H,1-4H3,(H,17,18,19). The van der Waals surface area contributed by atoms with E-state index in [4.69, 9.17) is 10.00 Å². The maximum atomic E-state index is 8.95. The lowest BCUT2D eigenvalue weighted by atomic mass is 10.1. The summed E-state index contributed by atoms with van der Waals surface area (Å²) < 4.78 is 5.42. The van der Waals surface area contributed by atoms with Crippen LogP contribution in [0.5, 0.6) is 5.75 Å². The number of hydrogen-bond donors (Lipinski definition) is 1. The maximum Gasteiger partial charge on any atom is 0.146 e. The SMILES string of the molecule is COc1c(C)cc(C)cc1Nc1cc(C#N)nc(C)n1. The van der Waals surface area contributed by atoms with Gasteiger partial charge in [0.2, 0.25) is 0 Å². The van der Waals surface area contributed by atoms with E-state index < -0.39 is 0 Å². The summed E-state index contributed by atoms with van der Waals surface area (Å²) in [5, 5.41) is 12.1. The van der Waals surface area contributed by atoms with Crippen LogP contribution in [0.25, 0.3) is 0 Å². The topological polar surface area (TPSA) is 70.8 Å². The van der Waals surface area contributed by atoms with Gasteiger partial charge in [-0.15, -0.1) is 0 Å². The molecule has 0 aliphatic carbocycles. The van der Waals surface area contributed by atoms with Crippen molar-refractivity contribution in [3.63, 3.8) is 0 Å². The highest BCUT2D eigenvalue weighted by Crippen LogP contribution is 2.31. The van der Waals surface area contributed by atoms with Crippen LogP contribution in [0.2, 0.25) is 0 Å². The molecule has 1 aromatic heterocycles. The van der Waals surface area contributed by atoms with Crippen molar-refractivity contribution in [2.24, 2.45) is 0 Å². The van der Waals surface area contributed by atoms with Crippen LogP contribution >= 0.6 is 0 Å². The Kier molecular flexibility index (Phi) is 3.85. The minimum absolute atomic E-state index is 0.336. The van der Waals surface area contributed by atoms with E-state index in [9.17, 15) is 0 Å². The van der Waals surface area contributed by atoms with Crippen molar-refractivity contribution in [2.45, 2.75) is 20.8 Å². The Balaban J connectivity index is 2.45. The Bertz CT molecular complexity index is 689. The molecule has 5 heteroatoms. The lowest BCUT2D eigenvalue weighted by Crippen LogP contribution is -2.02. The highest BCUT2D eigenvalue weighted by molar-refractivity contribution is 5.67. The summed E-state index contributed by atoms with van der Waals surface area (Å²) in [5.41, 5.74) is 3.33. The third-order valence-corrected chi connectivity index (χ3v) is 2.84. The fraction of sp³-hybridized carbons (Fsp3) is 0.267. The molecule has 1 aromatic carbocycles. The van der Waals surface area contributed by atoms with Crippen molar-refractivity contribution in [3.05, 3.63) is 40.8 Å². The molecule has 2 rings (SSSR count). The van der Waals surface area contributed by atoms with Gasteiger partial charge in [0.15, 0.2) is 0 Å². The second-order valence-corrected chi connectivity index (χ2v) is 4.59. The summed E-state index contributed by atoms with van der Waals surface area (Å²) in [5.74, 6) is 1.90. The first-order chi connectivity index (χ1) is 9.53. The lowest BCUT2D eigenvalue weighted by Gasteiger charge is -2.14. The maximum absolute atomic E-state index is 8.95. The van der Waals surface area contributed by atoms with E-state index in [1.165, 1.54) is 0 Å². The zero-order valence-corrected chi connectivity index (χ0v) is 12.0. The fourth-order valence-electron chi connectivity index (χ4n) is 2.15. The van der Waals surface area contributed by atoms with Crippen LogP contribution in [0.4, 0.5) is 11.5 Å². The molecule has 0 radical (unpaired) electrons. The number of rotatable bonds is 3. The van der Waals surface area contributed by atoms with Crippen molar-refractivity contribution in [1.82, 2.24) is 9.97 Å². The van der Waals surface area contributed by atoms with E-state index in [2.05, 4.69) is 21.4 Å². The number of methoxy groups -OCH3 is 1. The number of benzene rings is 1. The first kappa shape index (κ1) is 13.8. The molecular weight excluding hydrogens is 252 g/mol. The predicted molar refractivity (Wildman–Crippen MR) is 77.2 cm³/mol. The predicted octanol–water partition coefficient (Wildman–Crippen LogP) is 3.03. The molecule has 0 spiro atoms. The van der Waals surface area contributed by atoms with E-state index >= 15 is 0 Å². The highest BCUT2D eigenvalue weighted by atomic mass is 16.5. The molecular formula is C15H16N4O. The van der Waals surface area contributed by atoms with Gasteiger partial charge < -0.3 is 10.1 Å². The average molecular weight is 268 g/mol. The molecule has 0 aliphatic rings. The van der Waals surface area contributed by atoms with Crippen molar-refractivity contribution in [3.8, 4) is 11.8 Å². The molecule has 5 nitrogen and oxygen atoms in total. The summed E-state index contributed by atoms with van der Waals surface area (Å²) in [7, 11) is 1.63. The lowest BCUT2D eigenvalue weighted by molar-refractivity contribution is 0.413. The molecule has 0 aliphatic heterocycles. The van der Waals surface area contributed by atoms with Crippen LogP contribution in [-0.2, 0) is 0 Å². The molecule has 102 valence electrons. The third kappa shape index (κ3) is 2.86. The Morgan fingerprint density at radius 2 is 1.90 bits per heavy atom. The van der Waals surface area contributed by atoms with Crippen molar-refractivity contribution < 1.29 is 4.74 Å². The molecule has 2 aromatic rings. The summed E-state index contributed by atoms with van der Waals surface area (Å²) >= 11 is 0. The highest BCUT2D eigenvalue weighted by Gasteiger charge is 2.09. The molecule has 0 saturated heterocycles. The first-order valence-electron chi connectivity index (χ1n) is 6.21. The molecule has 0 saturated carbocycles. The number of aromatic nitrogens is 2. The molecule has 0 unspecified atom stereocenters. The van der Waals surface area contributed by atoms with Crippen LogP contribution < -0.4 is 10.1 Å². The second-order valence-electron chi connectivity index (χ2n) is 4.59. The van der Waals surface area contributed by atoms with Gasteiger partial charge in [-0.25, -0.2) is 9.97 Å². The van der Waals surface area contributed by atoms with Gasteiger partial charge >= 0.3 is 0 Å². The van der Waals surface area contributed by atoms with Crippen LogP contribution in [-0.4, -0.2) is 17.1 Å². The monoisotopic (exact) mass is 268 g/mol. The Morgan fingerprint density at radius 1 is 1.15 bits per heavy atom. The largest absolute Gasteiger partial charge is 0.494 e. The summed E-state index contributed by atoms with van der Waals surface area (Å²) in [6.07, 6.45) is 0. The van der Waals surface area contributed by atoms with E-state index in [0.717, 1.165) is 22.6 Å². The Hall–Kier alpha value is -2.61. The van der Waals surface area contributed by atoms with Gasteiger partial charge in [0.1, 0.15) is 29.2 Å². The van der Waals surface area contributed by atoms with Gasteiger partial charge in [0.25, 0.3) is 0 Å². The minimum atomic E-state index is 0.336. The summed E-state index contributed by atoms with van der Waals surface area (Å²) in [4.78, 5) is 8.31. The normalized spacial score (nSPS) is 9.95. The van der Waals surface area contributed by atoms with Crippen molar-refractivity contribution in [2.75, 3.05) is 12.4 Å². The van der Waals surface area contributed by atoms with Gasteiger partial charge in [-0.3, -0.25) is 0 Å². The number of nitrogens with zero attached hydrogens (tertiary/aromatic N) is 3. The second kappa shape index (κ2) is 5.57. The number of anilines is 2. The van der Waals surface area contributed by atoms with Gasteiger partial charge in [-0.2, -0.15) is 5.26 Å². The minimum Gasteiger partial charge on any atom is -0.494 e. The van der Waals surface area contributed by atoms with Crippen molar-refractivity contribution >= 4 is 11.5 Å². The summed E-state index contributed by atoms with van der Waals surface area (Å²) in [6, 6.07) is 7.67. The van der Waals surface area contributed by atoms with E-state index in [1.807, 2.05) is 26.0 Å². The van der Waals surface area contributed by atoms with E-state index in [0.29, 0.717) is 17.3 Å². The number of nitrogens with one attached hydrogen (secondary N) is 1. The van der Waals surface area contributed by atoms with Crippen LogP contribution in [0.3, 0.4) is 0 Å². The van der Waals surface area contributed by atoms with Crippen LogP contribution in [0.1, 0.15) is 22.6 Å². The molecule has 0 amide bonds. The average Bonchev–Trinajstić information content (AvgIpc) is 2.37. The smallest absolute Gasteiger partial charge is 0.146 e. The zero-order valence-electron chi connectivity index (χ0n) is 12.0. The third-order valence-electron chi connectivity index (χ3n) is 2.84. The van der Waals surface area contributed by atoms with Gasteiger partial charge in [0, 0.05) is 6.07 Å². The molecule has 0 atom stereocenters. The Labute approximate surface area is 118 Å². The van der Waals surface area contributed by atoms with Gasteiger partial charge in [0.05, 0.1) is 12.8 Å². The molecule has 1 N–H and O–H groups in total. The van der Waals surface area contributed by atoms with Gasteiger partial charge in [-0.05, 0) is 38.0 Å². The first-order valence-corrected chi connectivity index (χ1v) is 6.21. The van der Waals surface area contributed by atoms with Crippen molar-refractivity contribution in [1.29, 1.82) is 5.26 Å². The number of hydrogen-bond acceptors (Lipinski definition) is 5. The van der Waals surface area contributed by atoms with E-state index in [1.54, 1.807) is 20.1 Å². The summed E-state index contributed by atoms with van der Waals surface area (Å²) in [6.45, 7) is 5.76. The zero-order chi connectivity index (χ0) is 14.7. The molecule has 20 heavy (non-hydrogen) atoms.